The maximum atomic E-state index is 11.3. The van der Waals surface area contributed by atoms with Gasteiger partial charge in [0.05, 0.1) is 4.92 Å². The Kier molecular flexibility index (Phi) is 3.91. The smallest absolute Gasteiger partial charge is 0.291 e. The molecule has 5 heteroatoms. The van der Waals surface area contributed by atoms with Crippen LogP contribution in [0.3, 0.4) is 0 Å². The van der Waals surface area contributed by atoms with E-state index in [2.05, 4.69) is 4.98 Å². The predicted molar refractivity (Wildman–Crippen MR) is 54.5 cm³/mol. The van der Waals surface area contributed by atoms with Crippen molar-refractivity contribution in [2.75, 3.05) is 0 Å². The number of carbonyl (C=O) groups is 1. The minimum Gasteiger partial charge on any atom is -0.299 e. The molecule has 5 nitrogen and oxygen atoms in total. The summed E-state index contributed by atoms with van der Waals surface area (Å²) in [6, 6.07) is 1.52. The summed E-state index contributed by atoms with van der Waals surface area (Å²) in [6.07, 6.45) is 3.97. The van der Waals surface area contributed by atoms with Crippen molar-refractivity contribution in [3.63, 3.8) is 0 Å². The Labute approximate surface area is 87.3 Å². The molecule has 0 aliphatic carbocycles. The summed E-state index contributed by atoms with van der Waals surface area (Å²) >= 11 is 0. The van der Waals surface area contributed by atoms with E-state index in [0.29, 0.717) is 12.0 Å². The first-order valence-electron chi connectivity index (χ1n) is 4.74. The Hall–Kier alpha value is -1.78. The molecule has 1 aromatic heterocycles. The van der Waals surface area contributed by atoms with Gasteiger partial charge in [-0.25, -0.2) is 0 Å². The molecular weight excluding hydrogens is 196 g/mol. The van der Waals surface area contributed by atoms with Gasteiger partial charge in [-0.3, -0.25) is 19.9 Å². The van der Waals surface area contributed by atoms with Gasteiger partial charge in [-0.2, -0.15) is 0 Å². The van der Waals surface area contributed by atoms with Crippen LogP contribution in [0.25, 0.3) is 0 Å². The van der Waals surface area contributed by atoms with Gasteiger partial charge in [0.15, 0.2) is 0 Å². The normalized spacial score (nSPS) is 9.93. The Bertz CT molecular complexity index is 377. The Morgan fingerprint density at radius 2 is 2.33 bits per heavy atom. The second-order valence-corrected chi connectivity index (χ2v) is 3.23. The predicted octanol–water partition coefficient (Wildman–Crippen LogP) is 1.90. The molecule has 15 heavy (non-hydrogen) atoms. The van der Waals surface area contributed by atoms with Crippen molar-refractivity contribution in [3.8, 4) is 0 Å². The molecular formula is C10H12N2O3. The number of carbonyl (C=O) groups excluding carboxylic acids is 1. The van der Waals surface area contributed by atoms with Crippen LogP contribution >= 0.6 is 0 Å². The minimum absolute atomic E-state index is 0.0202. The summed E-state index contributed by atoms with van der Waals surface area (Å²) < 4.78 is 0. The lowest BCUT2D eigenvalue weighted by Crippen LogP contribution is -2.05. The van der Waals surface area contributed by atoms with Gasteiger partial charge in [0.2, 0.25) is 0 Å². The summed E-state index contributed by atoms with van der Waals surface area (Å²) in [5.74, 6) is 0.0202. The van der Waals surface area contributed by atoms with Crippen LogP contribution in [0, 0.1) is 10.1 Å². The number of pyridine rings is 1. The third-order valence-electron chi connectivity index (χ3n) is 2.00. The maximum absolute atomic E-state index is 11.3. The number of nitro groups is 1. The molecule has 80 valence electrons. The zero-order chi connectivity index (χ0) is 11.3. The van der Waals surface area contributed by atoms with Crippen LogP contribution in [0.2, 0.25) is 0 Å². The van der Waals surface area contributed by atoms with Crippen molar-refractivity contribution < 1.29 is 9.72 Å². The van der Waals surface area contributed by atoms with Crippen LogP contribution in [0.5, 0.6) is 0 Å². The van der Waals surface area contributed by atoms with Crippen molar-refractivity contribution in [2.24, 2.45) is 0 Å². The molecule has 0 N–H and O–H groups in total. The van der Waals surface area contributed by atoms with Crippen molar-refractivity contribution in [1.82, 2.24) is 4.98 Å². The molecule has 0 aliphatic heterocycles. The first-order valence-corrected chi connectivity index (χ1v) is 4.74. The highest BCUT2D eigenvalue weighted by Crippen LogP contribution is 2.17. The zero-order valence-corrected chi connectivity index (χ0v) is 8.47. The number of rotatable bonds is 5. The van der Waals surface area contributed by atoms with E-state index in [1.165, 1.54) is 18.5 Å². The van der Waals surface area contributed by atoms with Crippen LogP contribution in [-0.2, 0) is 11.2 Å². The topological polar surface area (TPSA) is 73.1 Å². The fourth-order valence-corrected chi connectivity index (χ4v) is 1.31. The molecule has 0 aromatic carbocycles. The van der Waals surface area contributed by atoms with Gasteiger partial charge in [0.25, 0.3) is 5.69 Å². The lowest BCUT2D eigenvalue weighted by atomic mass is 10.1. The Balaban J connectivity index is 2.84. The standard InChI is InChI=1S/C10H12N2O3/c1-2-3-9(13)6-8-4-5-11-7-10(8)12(14)15/h4-5,7H,2-3,6H2,1H3. The van der Waals surface area contributed by atoms with E-state index in [0.717, 1.165) is 6.42 Å². The number of Topliss-reactive ketones (excluding diaryl/α,β-unsaturated/α-hetero) is 1. The molecule has 0 radical (unpaired) electrons. The molecule has 0 fully saturated rings. The molecule has 0 saturated heterocycles. The second-order valence-electron chi connectivity index (χ2n) is 3.23. The molecule has 0 aliphatic rings. The summed E-state index contributed by atoms with van der Waals surface area (Å²) in [4.78, 5) is 25.1. The lowest BCUT2D eigenvalue weighted by molar-refractivity contribution is -0.385. The van der Waals surface area contributed by atoms with Gasteiger partial charge in [0.1, 0.15) is 12.0 Å². The third-order valence-corrected chi connectivity index (χ3v) is 2.00. The van der Waals surface area contributed by atoms with E-state index in [9.17, 15) is 14.9 Å². The first kappa shape index (κ1) is 11.3. The van der Waals surface area contributed by atoms with E-state index in [1.807, 2.05) is 6.92 Å². The molecule has 0 atom stereocenters. The average molecular weight is 208 g/mol. The van der Waals surface area contributed by atoms with Crippen LogP contribution < -0.4 is 0 Å². The van der Waals surface area contributed by atoms with E-state index in [4.69, 9.17) is 0 Å². The van der Waals surface area contributed by atoms with Gasteiger partial charge < -0.3 is 0 Å². The number of aromatic nitrogens is 1. The quantitative estimate of drug-likeness (QED) is 0.547. The Morgan fingerprint density at radius 1 is 1.60 bits per heavy atom. The Morgan fingerprint density at radius 3 is 2.93 bits per heavy atom. The molecule has 0 amide bonds. The molecule has 1 aromatic rings. The number of hydrogen-bond donors (Lipinski definition) is 0. The van der Waals surface area contributed by atoms with Crippen molar-refractivity contribution in [2.45, 2.75) is 26.2 Å². The lowest BCUT2D eigenvalue weighted by Gasteiger charge is -2.00. The largest absolute Gasteiger partial charge is 0.299 e. The van der Waals surface area contributed by atoms with Crippen molar-refractivity contribution in [1.29, 1.82) is 0 Å². The molecule has 0 bridgehead atoms. The summed E-state index contributed by atoms with van der Waals surface area (Å²) in [5.41, 5.74) is 0.357. The SMILES string of the molecule is CCCC(=O)Cc1ccncc1[N+](=O)[O-]. The first-order chi connectivity index (χ1) is 7.15. The van der Waals surface area contributed by atoms with Crippen molar-refractivity contribution >= 4 is 11.5 Å². The average Bonchev–Trinajstić information content (AvgIpc) is 2.18. The highest BCUT2D eigenvalue weighted by Gasteiger charge is 2.15. The van der Waals surface area contributed by atoms with Gasteiger partial charge in [0, 0.05) is 24.6 Å². The summed E-state index contributed by atoms with van der Waals surface area (Å²) in [6.45, 7) is 1.90. The molecule has 0 spiro atoms. The number of ketones is 1. The minimum atomic E-state index is -0.512. The van der Waals surface area contributed by atoms with Crippen LogP contribution in [0.1, 0.15) is 25.3 Å². The monoisotopic (exact) mass is 208 g/mol. The second kappa shape index (κ2) is 5.19. The van der Waals surface area contributed by atoms with E-state index in [-0.39, 0.29) is 17.9 Å². The fraction of sp³-hybridized carbons (Fsp3) is 0.400. The van der Waals surface area contributed by atoms with Crippen LogP contribution in [0.15, 0.2) is 18.5 Å². The maximum Gasteiger partial charge on any atom is 0.291 e. The van der Waals surface area contributed by atoms with Crippen molar-refractivity contribution in [3.05, 3.63) is 34.1 Å². The summed E-state index contributed by atoms with van der Waals surface area (Å²) in [7, 11) is 0. The molecule has 1 heterocycles. The van der Waals surface area contributed by atoms with E-state index in [1.54, 1.807) is 0 Å². The number of nitrogens with zero attached hydrogens (tertiary/aromatic N) is 2. The number of hydrogen-bond acceptors (Lipinski definition) is 4. The molecule has 0 unspecified atom stereocenters. The molecule has 0 saturated carbocycles. The van der Waals surface area contributed by atoms with Crippen LogP contribution in [-0.4, -0.2) is 15.7 Å². The van der Waals surface area contributed by atoms with Gasteiger partial charge >= 0.3 is 0 Å². The summed E-state index contributed by atoms with van der Waals surface area (Å²) in [5, 5.41) is 10.6. The van der Waals surface area contributed by atoms with Gasteiger partial charge in [-0.15, -0.1) is 0 Å². The fourth-order valence-electron chi connectivity index (χ4n) is 1.31. The van der Waals surface area contributed by atoms with Gasteiger partial charge in [-0.05, 0) is 12.5 Å². The van der Waals surface area contributed by atoms with E-state index >= 15 is 0 Å². The highest BCUT2D eigenvalue weighted by molar-refractivity contribution is 5.81. The highest BCUT2D eigenvalue weighted by atomic mass is 16.6. The van der Waals surface area contributed by atoms with Crippen LogP contribution in [0.4, 0.5) is 5.69 Å². The third kappa shape index (κ3) is 3.12. The zero-order valence-electron chi connectivity index (χ0n) is 8.47. The molecule has 1 rings (SSSR count). The van der Waals surface area contributed by atoms with E-state index < -0.39 is 4.92 Å². The van der Waals surface area contributed by atoms with Gasteiger partial charge in [-0.1, -0.05) is 6.92 Å².